The van der Waals surface area contributed by atoms with E-state index < -0.39 is 30.9 Å². The Hall–Kier alpha value is -2.45. The molecule has 17 heavy (non-hydrogen) atoms. The molecular formula is C8H10N4O5. The lowest BCUT2D eigenvalue weighted by Crippen LogP contribution is -2.41. The van der Waals surface area contributed by atoms with Crippen LogP contribution in [0.3, 0.4) is 0 Å². The quantitative estimate of drug-likeness (QED) is 0.632. The van der Waals surface area contributed by atoms with E-state index in [9.17, 15) is 14.4 Å². The van der Waals surface area contributed by atoms with Gasteiger partial charge in [-0.2, -0.15) is 4.98 Å². The Kier molecular flexibility index (Phi) is 3.75. The first kappa shape index (κ1) is 12.6. The van der Waals surface area contributed by atoms with Crippen molar-refractivity contribution < 1.29 is 24.0 Å². The predicted molar refractivity (Wildman–Crippen MR) is 51.8 cm³/mol. The zero-order valence-electron chi connectivity index (χ0n) is 8.91. The molecule has 0 aromatic carbocycles. The van der Waals surface area contributed by atoms with Gasteiger partial charge in [-0.05, 0) is 0 Å². The number of hydrogen-bond acceptors (Lipinski definition) is 6. The highest BCUT2D eigenvalue weighted by Gasteiger charge is 2.24. The third-order valence-corrected chi connectivity index (χ3v) is 1.68. The number of aliphatic carboxylic acids is 1. The number of carbonyl (C=O) groups is 3. The third-order valence-electron chi connectivity index (χ3n) is 1.68. The number of nitrogens with zero attached hydrogens (tertiary/aromatic N) is 3. The number of carboxylic acids is 1. The Morgan fingerprint density at radius 1 is 1.41 bits per heavy atom. The van der Waals surface area contributed by atoms with Gasteiger partial charge in [-0.1, -0.05) is 5.16 Å². The second-order valence-corrected chi connectivity index (χ2v) is 3.16. The van der Waals surface area contributed by atoms with E-state index in [2.05, 4.69) is 14.7 Å². The SMILES string of the molecule is Cc1nc(C(=O)N(CC(N)=O)CC(=O)O)no1. The minimum Gasteiger partial charge on any atom is -0.480 e. The fourth-order valence-electron chi connectivity index (χ4n) is 1.08. The number of rotatable bonds is 5. The second kappa shape index (κ2) is 5.05. The number of aromatic nitrogens is 2. The molecular weight excluding hydrogens is 232 g/mol. The van der Waals surface area contributed by atoms with Gasteiger partial charge in [-0.25, -0.2) is 0 Å². The Morgan fingerprint density at radius 2 is 2.06 bits per heavy atom. The normalized spacial score (nSPS) is 9.94. The molecule has 0 saturated carbocycles. The summed E-state index contributed by atoms with van der Waals surface area (Å²) in [7, 11) is 0. The Bertz CT molecular complexity index is 439. The van der Waals surface area contributed by atoms with Gasteiger partial charge < -0.3 is 20.3 Å². The van der Waals surface area contributed by atoms with E-state index in [0.29, 0.717) is 0 Å². The van der Waals surface area contributed by atoms with Crippen molar-refractivity contribution in [3.05, 3.63) is 11.7 Å². The van der Waals surface area contributed by atoms with Crippen LogP contribution in [0.2, 0.25) is 0 Å². The van der Waals surface area contributed by atoms with Gasteiger partial charge in [0.1, 0.15) is 13.1 Å². The van der Waals surface area contributed by atoms with Crippen LogP contribution >= 0.6 is 0 Å². The largest absolute Gasteiger partial charge is 0.480 e. The standard InChI is InChI=1S/C8H10N4O5/c1-4-10-7(11-17-4)8(16)12(2-5(9)13)3-6(14)15/h2-3H2,1H3,(H2,9,13)(H,14,15). The molecule has 92 valence electrons. The van der Waals surface area contributed by atoms with Crippen LogP contribution in [0.4, 0.5) is 0 Å². The van der Waals surface area contributed by atoms with Gasteiger partial charge in [-0.15, -0.1) is 0 Å². The summed E-state index contributed by atoms with van der Waals surface area (Å²) in [5.74, 6) is -3.10. The van der Waals surface area contributed by atoms with Crippen molar-refractivity contribution in [2.75, 3.05) is 13.1 Å². The first-order valence-corrected chi connectivity index (χ1v) is 4.50. The third kappa shape index (κ3) is 3.55. The van der Waals surface area contributed by atoms with Gasteiger partial charge in [0.05, 0.1) is 0 Å². The van der Waals surface area contributed by atoms with E-state index in [4.69, 9.17) is 10.8 Å². The molecule has 1 aromatic heterocycles. The molecule has 0 atom stereocenters. The van der Waals surface area contributed by atoms with Gasteiger partial charge >= 0.3 is 5.97 Å². The molecule has 0 fully saturated rings. The van der Waals surface area contributed by atoms with Gasteiger partial charge in [0.15, 0.2) is 0 Å². The average molecular weight is 242 g/mol. The van der Waals surface area contributed by atoms with Crippen LogP contribution in [0.5, 0.6) is 0 Å². The van der Waals surface area contributed by atoms with Gasteiger partial charge in [-0.3, -0.25) is 14.4 Å². The van der Waals surface area contributed by atoms with Crippen molar-refractivity contribution in [3.8, 4) is 0 Å². The summed E-state index contributed by atoms with van der Waals surface area (Å²) < 4.78 is 4.57. The van der Waals surface area contributed by atoms with E-state index in [1.807, 2.05) is 0 Å². The van der Waals surface area contributed by atoms with Crippen molar-refractivity contribution in [3.63, 3.8) is 0 Å². The lowest BCUT2D eigenvalue weighted by Gasteiger charge is -2.16. The lowest BCUT2D eigenvalue weighted by atomic mass is 10.4. The van der Waals surface area contributed by atoms with Gasteiger partial charge in [0, 0.05) is 6.92 Å². The number of aryl methyl sites for hydroxylation is 1. The van der Waals surface area contributed by atoms with E-state index in [0.717, 1.165) is 4.90 Å². The Labute approximate surface area is 95.2 Å². The lowest BCUT2D eigenvalue weighted by molar-refractivity contribution is -0.138. The molecule has 0 bridgehead atoms. The number of primary amides is 1. The van der Waals surface area contributed by atoms with Crippen LogP contribution in [0.1, 0.15) is 16.5 Å². The second-order valence-electron chi connectivity index (χ2n) is 3.16. The summed E-state index contributed by atoms with van der Waals surface area (Å²) in [6, 6.07) is 0. The molecule has 1 aromatic rings. The number of amides is 2. The summed E-state index contributed by atoms with van der Waals surface area (Å²) in [6.45, 7) is 0.271. The first-order valence-electron chi connectivity index (χ1n) is 4.50. The number of hydrogen-bond donors (Lipinski definition) is 2. The number of nitrogens with two attached hydrogens (primary N) is 1. The highest BCUT2D eigenvalue weighted by molar-refractivity contribution is 5.95. The zero-order valence-corrected chi connectivity index (χ0v) is 8.91. The Morgan fingerprint density at radius 3 is 2.47 bits per heavy atom. The molecule has 0 radical (unpaired) electrons. The summed E-state index contributed by atoms with van der Waals surface area (Å²) >= 11 is 0. The van der Waals surface area contributed by atoms with E-state index >= 15 is 0 Å². The van der Waals surface area contributed by atoms with Crippen molar-refractivity contribution in [1.29, 1.82) is 0 Å². The van der Waals surface area contributed by atoms with Crippen LogP contribution in [-0.2, 0) is 9.59 Å². The molecule has 3 N–H and O–H groups in total. The molecule has 0 unspecified atom stereocenters. The maximum absolute atomic E-state index is 11.7. The predicted octanol–water partition coefficient (Wildman–Crippen LogP) is -1.61. The summed E-state index contributed by atoms with van der Waals surface area (Å²) in [4.78, 5) is 37.3. The van der Waals surface area contributed by atoms with Crippen molar-refractivity contribution >= 4 is 17.8 Å². The topological polar surface area (TPSA) is 140 Å². The van der Waals surface area contributed by atoms with Gasteiger partial charge in [0.2, 0.25) is 11.8 Å². The van der Waals surface area contributed by atoms with Crippen LogP contribution in [-0.4, -0.2) is 51.0 Å². The smallest absolute Gasteiger partial charge is 0.323 e. The molecule has 0 spiro atoms. The van der Waals surface area contributed by atoms with Crippen LogP contribution in [0.15, 0.2) is 4.52 Å². The average Bonchev–Trinajstić information content (AvgIpc) is 2.61. The molecule has 0 saturated heterocycles. The van der Waals surface area contributed by atoms with E-state index in [1.54, 1.807) is 0 Å². The Balaban J connectivity index is 2.85. The molecule has 0 aliphatic rings. The highest BCUT2D eigenvalue weighted by Crippen LogP contribution is 2.01. The monoisotopic (exact) mass is 242 g/mol. The molecule has 0 aliphatic heterocycles. The number of carboxylic acid groups (broad SMARTS) is 1. The molecule has 9 heteroatoms. The molecule has 1 rings (SSSR count). The summed E-state index contributed by atoms with van der Waals surface area (Å²) in [5, 5.41) is 11.9. The minimum absolute atomic E-state index is 0.155. The van der Waals surface area contributed by atoms with Crippen molar-refractivity contribution in [2.45, 2.75) is 6.92 Å². The fourth-order valence-corrected chi connectivity index (χ4v) is 1.08. The van der Waals surface area contributed by atoms with E-state index in [-0.39, 0.29) is 11.7 Å². The maximum Gasteiger partial charge on any atom is 0.323 e. The summed E-state index contributed by atoms with van der Waals surface area (Å²) in [5.41, 5.74) is 4.90. The fraction of sp³-hybridized carbons (Fsp3) is 0.375. The molecule has 0 aliphatic carbocycles. The van der Waals surface area contributed by atoms with Crippen molar-refractivity contribution in [2.24, 2.45) is 5.73 Å². The van der Waals surface area contributed by atoms with Crippen LogP contribution in [0.25, 0.3) is 0 Å². The first-order chi connectivity index (χ1) is 7.90. The molecule has 2 amide bonds. The highest BCUT2D eigenvalue weighted by atomic mass is 16.5. The number of carbonyl (C=O) groups excluding carboxylic acids is 2. The summed E-state index contributed by atoms with van der Waals surface area (Å²) in [6.07, 6.45) is 0. The molecule has 9 nitrogen and oxygen atoms in total. The zero-order chi connectivity index (χ0) is 13.0. The van der Waals surface area contributed by atoms with Crippen LogP contribution in [0, 0.1) is 6.92 Å². The molecule has 1 heterocycles. The van der Waals surface area contributed by atoms with Crippen LogP contribution < -0.4 is 5.73 Å². The van der Waals surface area contributed by atoms with Crippen molar-refractivity contribution in [1.82, 2.24) is 15.0 Å². The van der Waals surface area contributed by atoms with E-state index in [1.165, 1.54) is 6.92 Å². The maximum atomic E-state index is 11.7. The van der Waals surface area contributed by atoms with Gasteiger partial charge in [0.25, 0.3) is 11.7 Å². The minimum atomic E-state index is -1.28.